The highest BCUT2D eigenvalue weighted by molar-refractivity contribution is 5.82. The van der Waals surface area contributed by atoms with E-state index in [-0.39, 0.29) is 11.8 Å². The molecule has 0 aromatic rings. The van der Waals surface area contributed by atoms with Crippen LogP contribution in [0, 0.1) is 11.8 Å². The fourth-order valence-electron chi connectivity index (χ4n) is 0.809. The van der Waals surface area contributed by atoms with Crippen LogP contribution in [0.1, 0.15) is 13.8 Å². The highest BCUT2D eigenvalue weighted by atomic mass is 16.4. The van der Waals surface area contributed by atoms with Crippen molar-refractivity contribution in [3.63, 3.8) is 0 Å². The molecule has 0 amide bonds. The molecule has 0 heterocycles. The zero-order chi connectivity index (χ0) is 8.15. The molecule has 0 bridgehead atoms. The van der Waals surface area contributed by atoms with Gasteiger partial charge in [0, 0.05) is 12.5 Å². The van der Waals surface area contributed by atoms with Gasteiger partial charge in [-0.15, -0.1) is 0 Å². The molecule has 0 aliphatic heterocycles. The van der Waals surface area contributed by atoms with E-state index in [2.05, 4.69) is 5.16 Å². The Hall–Kier alpha value is -0.770. The van der Waals surface area contributed by atoms with Crippen LogP contribution in [0.2, 0.25) is 0 Å². The monoisotopic (exact) mass is 145 g/mol. The third-order valence-electron chi connectivity index (χ3n) is 1.55. The minimum atomic E-state index is -0.00926. The predicted octanol–water partition coefficient (Wildman–Crippen LogP) is -0.0363. The van der Waals surface area contributed by atoms with E-state index in [9.17, 15) is 0 Å². The third kappa shape index (κ3) is 2.23. The molecule has 4 heteroatoms. The molecule has 0 aromatic heterocycles. The Labute approximate surface area is 60.9 Å². The van der Waals surface area contributed by atoms with Crippen LogP contribution >= 0.6 is 0 Å². The maximum absolute atomic E-state index is 8.29. The number of nitrogens with zero attached hydrogens (tertiary/aromatic N) is 1. The summed E-state index contributed by atoms with van der Waals surface area (Å²) in [6.45, 7) is 4.39. The summed E-state index contributed by atoms with van der Waals surface area (Å²) in [5.74, 6) is 0.531. The van der Waals surface area contributed by atoms with E-state index in [1.165, 1.54) is 0 Å². The average Bonchev–Trinajstić information content (AvgIpc) is 1.88. The molecule has 4 nitrogen and oxygen atoms in total. The van der Waals surface area contributed by atoms with Gasteiger partial charge in [-0.25, -0.2) is 0 Å². The van der Waals surface area contributed by atoms with Crippen molar-refractivity contribution in [1.29, 1.82) is 0 Å². The highest BCUT2D eigenvalue weighted by Crippen LogP contribution is 2.08. The van der Waals surface area contributed by atoms with E-state index >= 15 is 0 Å². The average molecular weight is 145 g/mol. The first-order valence-electron chi connectivity index (χ1n) is 3.31. The van der Waals surface area contributed by atoms with Crippen molar-refractivity contribution < 1.29 is 5.21 Å². The lowest BCUT2D eigenvalue weighted by molar-refractivity contribution is 0.310. The van der Waals surface area contributed by atoms with E-state index in [1.54, 1.807) is 0 Å². The Balaban J connectivity index is 4.07. The van der Waals surface area contributed by atoms with Crippen LogP contribution < -0.4 is 11.5 Å². The van der Waals surface area contributed by atoms with Crippen LogP contribution in [0.3, 0.4) is 0 Å². The zero-order valence-corrected chi connectivity index (χ0v) is 6.41. The topological polar surface area (TPSA) is 84.6 Å². The maximum atomic E-state index is 8.29. The van der Waals surface area contributed by atoms with E-state index < -0.39 is 0 Å². The molecule has 1 unspecified atom stereocenters. The Morgan fingerprint density at radius 3 is 2.20 bits per heavy atom. The van der Waals surface area contributed by atoms with E-state index in [1.807, 2.05) is 13.8 Å². The fourth-order valence-corrected chi connectivity index (χ4v) is 0.809. The number of amidine groups is 1. The minimum Gasteiger partial charge on any atom is -0.409 e. The van der Waals surface area contributed by atoms with Gasteiger partial charge in [0.1, 0.15) is 5.84 Å². The second kappa shape index (κ2) is 4.11. The molecule has 0 aliphatic rings. The molecule has 60 valence electrons. The summed E-state index contributed by atoms with van der Waals surface area (Å²) in [4.78, 5) is 0. The van der Waals surface area contributed by atoms with Gasteiger partial charge in [0.2, 0.25) is 0 Å². The largest absolute Gasteiger partial charge is 0.409 e. The number of rotatable bonds is 3. The zero-order valence-electron chi connectivity index (χ0n) is 6.41. The molecule has 0 saturated carbocycles. The number of hydrogen-bond donors (Lipinski definition) is 3. The van der Waals surface area contributed by atoms with Crippen molar-refractivity contribution in [3.05, 3.63) is 0 Å². The SMILES string of the molecule is CC(C)C(CN)/C(N)=N/O. The first-order valence-corrected chi connectivity index (χ1v) is 3.31. The lowest BCUT2D eigenvalue weighted by atomic mass is 9.95. The molecule has 5 N–H and O–H groups in total. The Kier molecular flexibility index (Phi) is 3.79. The second-order valence-corrected chi connectivity index (χ2v) is 2.61. The van der Waals surface area contributed by atoms with Crippen molar-refractivity contribution in [1.82, 2.24) is 0 Å². The summed E-state index contributed by atoms with van der Waals surface area (Å²) in [5, 5.41) is 11.2. The van der Waals surface area contributed by atoms with Crippen LogP contribution in [-0.4, -0.2) is 17.6 Å². The van der Waals surface area contributed by atoms with Gasteiger partial charge in [0.15, 0.2) is 0 Å². The van der Waals surface area contributed by atoms with Gasteiger partial charge in [0.05, 0.1) is 0 Å². The Morgan fingerprint density at radius 2 is 2.10 bits per heavy atom. The summed E-state index contributed by atoms with van der Waals surface area (Å²) < 4.78 is 0. The molecule has 0 saturated heterocycles. The highest BCUT2D eigenvalue weighted by Gasteiger charge is 2.15. The van der Waals surface area contributed by atoms with Crippen molar-refractivity contribution in [3.8, 4) is 0 Å². The van der Waals surface area contributed by atoms with Gasteiger partial charge < -0.3 is 16.7 Å². The lowest BCUT2D eigenvalue weighted by Gasteiger charge is -2.16. The molecule has 0 aliphatic carbocycles. The molecule has 0 aromatic carbocycles. The van der Waals surface area contributed by atoms with Crippen molar-refractivity contribution in [2.24, 2.45) is 28.5 Å². The van der Waals surface area contributed by atoms with Gasteiger partial charge >= 0.3 is 0 Å². The van der Waals surface area contributed by atoms with Crippen LogP contribution in [0.15, 0.2) is 5.16 Å². The summed E-state index contributed by atoms with van der Waals surface area (Å²) in [6.07, 6.45) is 0. The molecule has 0 spiro atoms. The predicted molar refractivity (Wildman–Crippen MR) is 40.8 cm³/mol. The van der Waals surface area contributed by atoms with Gasteiger partial charge in [-0.1, -0.05) is 19.0 Å². The van der Waals surface area contributed by atoms with Crippen molar-refractivity contribution >= 4 is 5.84 Å². The quantitative estimate of drug-likeness (QED) is 0.225. The summed E-state index contributed by atoms with van der Waals surface area (Å²) in [5.41, 5.74) is 10.7. The van der Waals surface area contributed by atoms with Crippen LogP contribution in [0.4, 0.5) is 0 Å². The molecule has 1 atom stereocenters. The van der Waals surface area contributed by atoms with Crippen LogP contribution in [0.25, 0.3) is 0 Å². The summed E-state index contributed by atoms with van der Waals surface area (Å²) in [6, 6.07) is 0. The van der Waals surface area contributed by atoms with Gasteiger partial charge in [-0.2, -0.15) is 0 Å². The van der Waals surface area contributed by atoms with Crippen molar-refractivity contribution in [2.45, 2.75) is 13.8 Å². The first-order chi connectivity index (χ1) is 4.63. The van der Waals surface area contributed by atoms with Crippen LogP contribution in [0.5, 0.6) is 0 Å². The number of hydrogen-bond acceptors (Lipinski definition) is 3. The summed E-state index contributed by atoms with van der Waals surface area (Å²) in [7, 11) is 0. The molecular weight excluding hydrogens is 130 g/mol. The lowest BCUT2D eigenvalue weighted by Crippen LogP contribution is -2.33. The number of nitrogens with two attached hydrogens (primary N) is 2. The third-order valence-corrected chi connectivity index (χ3v) is 1.55. The first kappa shape index (κ1) is 9.23. The summed E-state index contributed by atoms with van der Waals surface area (Å²) >= 11 is 0. The molecule has 0 rings (SSSR count). The second-order valence-electron chi connectivity index (χ2n) is 2.61. The van der Waals surface area contributed by atoms with E-state index in [0.717, 1.165) is 0 Å². The molecule has 0 radical (unpaired) electrons. The van der Waals surface area contributed by atoms with Gasteiger partial charge in [-0.3, -0.25) is 0 Å². The minimum absolute atomic E-state index is 0.00926. The molecule has 0 fully saturated rings. The van der Waals surface area contributed by atoms with E-state index in [4.69, 9.17) is 16.7 Å². The van der Waals surface area contributed by atoms with Crippen molar-refractivity contribution in [2.75, 3.05) is 6.54 Å². The molecule has 10 heavy (non-hydrogen) atoms. The van der Waals surface area contributed by atoms with Gasteiger partial charge in [-0.05, 0) is 5.92 Å². The Bertz CT molecular complexity index is 122. The van der Waals surface area contributed by atoms with E-state index in [0.29, 0.717) is 12.5 Å². The normalized spacial score (nSPS) is 15.8. The molecular formula is C6H15N3O. The smallest absolute Gasteiger partial charge is 0.143 e. The fraction of sp³-hybridized carbons (Fsp3) is 0.833. The Morgan fingerprint density at radius 1 is 1.60 bits per heavy atom. The maximum Gasteiger partial charge on any atom is 0.143 e. The standard InChI is InChI=1S/C6H15N3O/c1-4(2)5(3-7)6(8)9-10/h4-5,10H,3,7H2,1-2H3,(H2,8,9). The van der Waals surface area contributed by atoms with Gasteiger partial charge in [0.25, 0.3) is 0 Å². The number of oxime groups is 1. The van der Waals surface area contributed by atoms with Crippen LogP contribution in [-0.2, 0) is 0 Å².